The lowest BCUT2D eigenvalue weighted by molar-refractivity contribution is 0.111. The molecule has 0 bridgehead atoms. The van der Waals surface area contributed by atoms with Crippen molar-refractivity contribution in [3.05, 3.63) is 52.3 Å². The van der Waals surface area contributed by atoms with Gasteiger partial charge in [-0.05, 0) is 30.3 Å². The molecule has 2 nitrogen and oxygen atoms in total. The summed E-state index contributed by atoms with van der Waals surface area (Å²) in [5, 5.41) is 0.972. The standard InChI is InChI=1S/C11H7Cl2NO/c12-10-4-3-8(6-11(10)13)14-5-1-2-9(14)7-15/h1-7H. The molecule has 0 atom stereocenters. The van der Waals surface area contributed by atoms with Gasteiger partial charge in [0.05, 0.1) is 15.7 Å². The first-order valence-electron chi connectivity index (χ1n) is 4.30. The number of halogens is 2. The van der Waals surface area contributed by atoms with Gasteiger partial charge in [-0.15, -0.1) is 0 Å². The number of nitrogens with zero attached hydrogens (tertiary/aromatic N) is 1. The zero-order valence-electron chi connectivity index (χ0n) is 7.65. The Labute approximate surface area is 97.0 Å². The molecule has 0 aliphatic heterocycles. The summed E-state index contributed by atoms with van der Waals surface area (Å²) in [4.78, 5) is 10.7. The molecule has 76 valence electrons. The summed E-state index contributed by atoms with van der Waals surface area (Å²) in [5.74, 6) is 0. The Morgan fingerprint density at radius 1 is 1.13 bits per heavy atom. The molecule has 1 aromatic heterocycles. The Kier molecular flexibility index (Phi) is 2.80. The van der Waals surface area contributed by atoms with Crippen LogP contribution in [0, 0.1) is 0 Å². The van der Waals surface area contributed by atoms with Crippen LogP contribution in [0.4, 0.5) is 0 Å². The molecule has 0 aliphatic carbocycles. The second-order valence-corrected chi connectivity index (χ2v) is 3.83. The van der Waals surface area contributed by atoms with Gasteiger partial charge in [-0.25, -0.2) is 0 Å². The molecule has 0 saturated heterocycles. The fourth-order valence-corrected chi connectivity index (χ4v) is 1.65. The van der Waals surface area contributed by atoms with E-state index in [2.05, 4.69) is 0 Å². The third kappa shape index (κ3) is 1.91. The topological polar surface area (TPSA) is 22.0 Å². The van der Waals surface area contributed by atoms with Gasteiger partial charge >= 0.3 is 0 Å². The second kappa shape index (κ2) is 4.09. The largest absolute Gasteiger partial charge is 0.314 e. The van der Waals surface area contributed by atoms with Crippen molar-refractivity contribution in [3.63, 3.8) is 0 Å². The Balaban J connectivity index is 2.54. The maximum absolute atomic E-state index is 10.7. The van der Waals surface area contributed by atoms with Crippen LogP contribution in [0.1, 0.15) is 10.5 Å². The van der Waals surface area contributed by atoms with E-state index in [0.29, 0.717) is 15.7 Å². The molecular formula is C11H7Cl2NO. The number of hydrogen-bond donors (Lipinski definition) is 0. The van der Waals surface area contributed by atoms with Gasteiger partial charge in [-0.3, -0.25) is 4.79 Å². The van der Waals surface area contributed by atoms with Crippen LogP contribution in [0.3, 0.4) is 0 Å². The molecule has 1 aromatic carbocycles. The first-order valence-corrected chi connectivity index (χ1v) is 5.06. The Bertz CT molecular complexity index is 505. The SMILES string of the molecule is O=Cc1cccn1-c1ccc(Cl)c(Cl)c1. The lowest BCUT2D eigenvalue weighted by Crippen LogP contribution is -1.96. The molecule has 4 heteroatoms. The van der Waals surface area contributed by atoms with Gasteiger partial charge in [0, 0.05) is 11.9 Å². The Hall–Kier alpha value is -1.25. The number of rotatable bonds is 2. The molecule has 0 N–H and O–H groups in total. The predicted molar refractivity (Wildman–Crippen MR) is 61.2 cm³/mol. The molecule has 0 radical (unpaired) electrons. The molecule has 2 rings (SSSR count). The van der Waals surface area contributed by atoms with Crippen LogP contribution >= 0.6 is 23.2 Å². The van der Waals surface area contributed by atoms with E-state index in [1.807, 2.05) is 0 Å². The van der Waals surface area contributed by atoms with Crippen molar-refractivity contribution >= 4 is 29.5 Å². The monoisotopic (exact) mass is 239 g/mol. The lowest BCUT2D eigenvalue weighted by atomic mass is 10.3. The summed E-state index contributed by atoms with van der Waals surface area (Å²) < 4.78 is 1.75. The molecule has 0 spiro atoms. The normalized spacial score (nSPS) is 10.3. The van der Waals surface area contributed by atoms with Crippen molar-refractivity contribution in [1.29, 1.82) is 0 Å². The van der Waals surface area contributed by atoms with Crippen molar-refractivity contribution in [2.75, 3.05) is 0 Å². The first-order chi connectivity index (χ1) is 7.22. The average Bonchev–Trinajstić information content (AvgIpc) is 2.70. The van der Waals surface area contributed by atoms with Gasteiger partial charge < -0.3 is 4.57 Å². The van der Waals surface area contributed by atoms with Crippen LogP contribution in [-0.4, -0.2) is 10.9 Å². The Morgan fingerprint density at radius 3 is 2.60 bits per heavy atom. The first kappa shape index (κ1) is 10.3. The average molecular weight is 240 g/mol. The number of hydrogen-bond acceptors (Lipinski definition) is 1. The lowest BCUT2D eigenvalue weighted by Gasteiger charge is -2.06. The van der Waals surface area contributed by atoms with E-state index in [4.69, 9.17) is 23.2 Å². The molecule has 15 heavy (non-hydrogen) atoms. The van der Waals surface area contributed by atoms with Crippen LogP contribution in [0.5, 0.6) is 0 Å². The maximum Gasteiger partial charge on any atom is 0.166 e. The number of aromatic nitrogens is 1. The predicted octanol–water partition coefficient (Wildman–Crippen LogP) is 3.60. The van der Waals surface area contributed by atoms with Gasteiger partial charge in [0.2, 0.25) is 0 Å². The maximum atomic E-state index is 10.7. The quantitative estimate of drug-likeness (QED) is 0.735. The van der Waals surface area contributed by atoms with E-state index >= 15 is 0 Å². The summed E-state index contributed by atoms with van der Waals surface area (Å²) >= 11 is 11.7. The van der Waals surface area contributed by atoms with Crippen molar-refractivity contribution < 1.29 is 4.79 Å². The van der Waals surface area contributed by atoms with Crippen molar-refractivity contribution in [2.45, 2.75) is 0 Å². The van der Waals surface area contributed by atoms with Crippen molar-refractivity contribution in [1.82, 2.24) is 4.57 Å². The zero-order chi connectivity index (χ0) is 10.8. The van der Waals surface area contributed by atoms with Crippen LogP contribution in [0.15, 0.2) is 36.5 Å². The van der Waals surface area contributed by atoms with Crippen LogP contribution in [0.25, 0.3) is 5.69 Å². The van der Waals surface area contributed by atoms with E-state index in [9.17, 15) is 4.79 Å². The summed E-state index contributed by atoms with van der Waals surface area (Å²) in [5.41, 5.74) is 1.39. The number of benzene rings is 1. The van der Waals surface area contributed by atoms with Crippen LogP contribution in [0.2, 0.25) is 10.0 Å². The minimum Gasteiger partial charge on any atom is -0.314 e. The number of carbonyl (C=O) groups is 1. The van der Waals surface area contributed by atoms with E-state index in [0.717, 1.165) is 12.0 Å². The minimum absolute atomic E-state index is 0.472. The smallest absolute Gasteiger partial charge is 0.166 e. The second-order valence-electron chi connectivity index (χ2n) is 3.02. The van der Waals surface area contributed by atoms with E-state index in [-0.39, 0.29) is 0 Å². The van der Waals surface area contributed by atoms with E-state index in [1.54, 1.807) is 41.1 Å². The molecule has 0 unspecified atom stereocenters. The molecular weight excluding hydrogens is 233 g/mol. The molecule has 0 aliphatic rings. The van der Waals surface area contributed by atoms with Gasteiger partial charge in [-0.2, -0.15) is 0 Å². The highest BCUT2D eigenvalue weighted by atomic mass is 35.5. The van der Waals surface area contributed by atoms with Crippen LogP contribution in [-0.2, 0) is 0 Å². The minimum atomic E-state index is 0.472. The third-order valence-electron chi connectivity index (χ3n) is 2.08. The van der Waals surface area contributed by atoms with E-state index < -0.39 is 0 Å². The number of carbonyl (C=O) groups excluding carboxylic acids is 1. The summed E-state index contributed by atoms with van der Waals surface area (Å²) in [6.45, 7) is 0. The summed E-state index contributed by atoms with van der Waals surface area (Å²) in [6, 6.07) is 8.76. The van der Waals surface area contributed by atoms with E-state index in [1.165, 1.54) is 0 Å². The van der Waals surface area contributed by atoms with Crippen molar-refractivity contribution in [2.24, 2.45) is 0 Å². The molecule has 0 fully saturated rings. The highest BCUT2D eigenvalue weighted by Crippen LogP contribution is 2.24. The fraction of sp³-hybridized carbons (Fsp3) is 0. The highest BCUT2D eigenvalue weighted by Gasteiger charge is 2.04. The molecule has 1 heterocycles. The summed E-state index contributed by atoms with van der Waals surface area (Å²) in [6.07, 6.45) is 2.59. The third-order valence-corrected chi connectivity index (χ3v) is 2.82. The zero-order valence-corrected chi connectivity index (χ0v) is 9.16. The number of aldehydes is 1. The van der Waals surface area contributed by atoms with Gasteiger partial charge in [0.1, 0.15) is 0 Å². The van der Waals surface area contributed by atoms with Gasteiger partial charge in [0.25, 0.3) is 0 Å². The van der Waals surface area contributed by atoms with Crippen LogP contribution < -0.4 is 0 Å². The van der Waals surface area contributed by atoms with Crippen molar-refractivity contribution in [3.8, 4) is 5.69 Å². The fourth-order valence-electron chi connectivity index (χ4n) is 1.36. The highest BCUT2D eigenvalue weighted by molar-refractivity contribution is 6.42. The molecule has 0 saturated carbocycles. The van der Waals surface area contributed by atoms with Gasteiger partial charge in [0.15, 0.2) is 6.29 Å². The van der Waals surface area contributed by atoms with Gasteiger partial charge in [-0.1, -0.05) is 23.2 Å². The Morgan fingerprint density at radius 2 is 1.93 bits per heavy atom. The summed E-state index contributed by atoms with van der Waals surface area (Å²) in [7, 11) is 0. The molecule has 2 aromatic rings. The molecule has 0 amide bonds.